The van der Waals surface area contributed by atoms with E-state index in [9.17, 15) is 4.79 Å². The summed E-state index contributed by atoms with van der Waals surface area (Å²) in [4.78, 5) is 19.1. The van der Waals surface area contributed by atoms with Gasteiger partial charge in [-0.05, 0) is 55.5 Å². The summed E-state index contributed by atoms with van der Waals surface area (Å²) in [5.74, 6) is 0.366. The maximum absolute atomic E-state index is 13.2. The molecule has 7 heteroatoms. The standard InChI is InChI=1S/C23H20Cl2N2O2S/c1-29-21-14(11-15(24)12-18(21)25)13-26-23-20(17-9-5-6-10-19(17)30-23)22(28)27-16-7-3-2-4-8-16/h2-4,7-8,11-13H,5-6,9-10H2,1H3,(H,27,28). The molecule has 0 aliphatic heterocycles. The van der Waals surface area contributed by atoms with E-state index in [0.29, 0.717) is 31.9 Å². The fourth-order valence-corrected chi connectivity index (χ4v) is 5.43. The van der Waals surface area contributed by atoms with Crippen molar-refractivity contribution in [3.63, 3.8) is 0 Å². The highest BCUT2D eigenvalue weighted by Gasteiger charge is 2.25. The maximum Gasteiger partial charge on any atom is 0.259 e. The average molecular weight is 459 g/mol. The van der Waals surface area contributed by atoms with Gasteiger partial charge in [0.05, 0.1) is 17.7 Å². The fourth-order valence-electron chi connectivity index (χ4n) is 3.61. The molecule has 0 radical (unpaired) electrons. The van der Waals surface area contributed by atoms with Gasteiger partial charge in [0, 0.05) is 27.4 Å². The molecule has 0 bridgehead atoms. The Hall–Kier alpha value is -2.34. The van der Waals surface area contributed by atoms with Gasteiger partial charge in [0.2, 0.25) is 0 Å². The van der Waals surface area contributed by atoms with Gasteiger partial charge in [0.15, 0.2) is 0 Å². The minimum atomic E-state index is -0.135. The Bertz CT molecular complexity index is 1110. The second-order valence-corrected chi connectivity index (χ2v) is 8.91. The largest absolute Gasteiger partial charge is 0.495 e. The first-order chi connectivity index (χ1) is 14.6. The summed E-state index contributed by atoms with van der Waals surface area (Å²) >= 11 is 14.0. The second kappa shape index (κ2) is 9.21. The molecule has 4 rings (SSSR count). The molecule has 1 aliphatic rings. The van der Waals surface area contributed by atoms with Crippen LogP contribution in [0.3, 0.4) is 0 Å². The van der Waals surface area contributed by atoms with Crippen molar-refractivity contribution in [3.05, 3.63) is 74.1 Å². The van der Waals surface area contributed by atoms with Crippen LogP contribution in [0.25, 0.3) is 0 Å². The summed E-state index contributed by atoms with van der Waals surface area (Å²) < 4.78 is 5.40. The number of methoxy groups -OCH3 is 1. The minimum Gasteiger partial charge on any atom is -0.495 e. The molecule has 2 aromatic carbocycles. The zero-order valence-electron chi connectivity index (χ0n) is 16.4. The predicted octanol–water partition coefficient (Wildman–Crippen LogP) is 6.95. The highest BCUT2D eigenvalue weighted by molar-refractivity contribution is 7.16. The van der Waals surface area contributed by atoms with Gasteiger partial charge in [-0.3, -0.25) is 4.79 Å². The number of thiophene rings is 1. The number of hydrogen-bond acceptors (Lipinski definition) is 4. The number of fused-ring (bicyclic) bond motifs is 1. The van der Waals surface area contributed by atoms with Crippen molar-refractivity contribution in [3.8, 4) is 5.75 Å². The van der Waals surface area contributed by atoms with Crippen LogP contribution in [0.2, 0.25) is 10.0 Å². The summed E-state index contributed by atoms with van der Waals surface area (Å²) in [5, 5.41) is 4.60. The normalized spacial score (nSPS) is 13.3. The highest BCUT2D eigenvalue weighted by atomic mass is 35.5. The number of benzene rings is 2. The Morgan fingerprint density at radius 1 is 1.17 bits per heavy atom. The highest BCUT2D eigenvalue weighted by Crippen LogP contribution is 2.40. The monoisotopic (exact) mass is 458 g/mol. The van der Waals surface area contributed by atoms with Crippen LogP contribution < -0.4 is 10.1 Å². The lowest BCUT2D eigenvalue weighted by Gasteiger charge is -2.12. The van der Waals surface area contributed by atoms with Gasteiger partial charge in [-0.1, -0.05) is 41.4 Å². The number of para-hydroxylation sites is 1. The molecule has 0 saturated heterocycles. The Labute approximate surface area is 189 Å². The van der Waals surface area contributed by atoms with E-state index >= 15 is 0 Å². The van der Waals surface area contributed by atoms with Crippen molar-refractivity contribution in [2.24, 2.45) is 4.99 Å². The number of nitrogens with one attached hydrogen (secondary N) is 1. The molecule has 1 amide bonds. The molecule has 1 aliphatic carbocycles. The zero-order valence-corrected chi connectivity index (χ0v) is 18.7. The number of nitrogens with zero attached hydrogens (tertiary/aromatic N) is 1. The smallest absolute Gasteiger partial charge is 0.259 e. The van der Waals surface area contributed by atoms with Crippen molar-refractivity contribution in [2.75, 3.05) is 12.4 Å². The molecule has 0 unspecified atom stereocenters. The maximum atomic E-state index is 13.2. The topological polar surface area (TPSA) is 50.7 Å². The van der Waals surface area contributed by atoms with Crippen LogP contribution in [0.1, 0.15) is 39.2 Å². The SMILES string of the molecule is COc1c(Cl)cc(Cl)cc1C=Nc1sc2c(c1C(=O)Nc1ccccc1)CCCC2. The van der Waals surface area contributed by atoms with Gasteiger partial charge >= 0.3 is 0 Å². The third-order valence-corrected chi connectivity index (χ3v) is 6.67. The van der Waals surface area contributed by atoms with Gasteiger partial charge in [-0.15, -0.1) is 11.3 Å². The Balaban J connectivity index is 1.73. The fraction of sp³-hybridized carbons (Fsp3) is 0.217. The molecular formula is C23H20Cl2N2O2S. The van der Waals surface area contributed by atoms with E-state index < -0.39 is 0 Å². The molecule has 0 atom stereocenters. The van der Waals surface area contributed by atoms with Crippen LogP contribution in [-0.4, -0.2) is 19.2 Å². The van der Waals surface area contributed by atoms with Crippen LogP contribution in [0.5, 0.6) is 5.75 Å². The van der Waals surface area contributed by atoms with Crippen LogP contribution in [0.15, 0.2) is 47.5 Å². The van der Waals surface area contributed by atoms with Gasteiger partial charge in [-0.2, -0.15) is 0 Å². The molecule has 0 fully saturated rings. The lowest BCUT2D eigenvalue weighted by atomic mass is 9.95. The molecule has 4 nitrogen and oxygen atoms in total. The molecule has 1 heterocycles. The minimum absolute atomic E-state index is 0.135. The Morgan fingerprint density at radius 2 is 1.93 bits per heavy atom. The number of anilines is 1. The molecular weight excluding hydrogens is 439 g/mol. The van der Waals surface area contributed by atoms with E-state index in [4.69, 9.17) is 27.9 Å². The number of carbonyl (C=O) groups is 1. The quantitative estimate of drug-likeness (QED) is 0.420. The first-order valence-corrected chi connectivity index (χ1v) is 11.2. The third-order valence-electron chi connectivity index (χ3n) is 4.97. The van der Waals surface area contributed by atoms with Gasteiger partial charge < -0.3 is 10.1 Å². The molecule has 3 aromatic rings. The van der Waals surface area contributed by atoms with Crippen molar-refractivity contribution < 1.29 is 9.53 Å². The summed E-state index contributed by atoms with van der Waals surface area (Å²) in [6.07, 6.45) is 5.75. The molecule has 0 spiro atoms. The first-order valence-electron chi connectivity index (χ1n) is 9.65. The van der Waals surface area contributed by atoms with E-state index in [1.54, 1.807) is 36.8 Å². The average Bonchev–Trinajstić information content (AvgIpc) is 3.11. The van der Waals surface area contributed by atoms with Crippen LogP contribution in [0, 0.1) is 0 Å². The van der Waals surface area contributed by atoms with E-state index in [2.05, 4.69) is 10.3 Å². The summed E-state index contributed by atoms with van der Waals surface area (Å²) in [6.45, 7) is 0. The lowest BCUT2D eigenvalue weighted by molar-refractivity contribution is 0.102. The Kier molecular flexibility index (Phi) is 6.42. The number of amides is 1. The van der Waals surface area contributed by atoms with Crippen molar-refractivity contribution in [1.29, 1.82) is 0 Å². The zero-order chi connectivity index (χ0) is 21.1. The molecule has 1 N–H and O–H groups in total. The van der Waals surface area contributed by atoms with Crippen LogP contribution in [-0.2, 0) is 12.8 Å². The lowest BCUT2D eigenvalue weighted by Crippen LogP contribution is -2.14. The van der Waals surface area contributed by atoms with Crippen molar-refractivity contribution in [1.82, 2.24) is 0 Å². The summed E-state index contributed by atoms with van der Waals surface area (Å²) in [5.41, 5.74) is 3.19. The van der Waals surface area contributed by atoms with E-state index in [1.807, 2.05) is 30.3 Å². The summed E-state index contributed by atoms with van der Waals surface area (Å²) in [7, 11) is 1.55. The molecule has 1 aromatic heterocycles. The molecule has 154 valence electrons. The number of rotatable bonds is 5. The van der Waals surface area contributed by atoms with Crippen molar-refractivity contribution >= 4 is 57.3 Å². The first kappa shape index (κ1) is 20.9. The number of hydrogen-bond donors (Lipinski definition) is 1. The number of halogens is 2. The van der Waals surface area contributed by atoms with E-state index in [-0.39, 0.29) is 5.91 Å². The van der Waals surface area contributed by atoms with Gasteiger partial charge in [0.1, 0.15) is 10.8 Å². The summed E-state index contributed by atoms with van der Waals surface area (Å²) in [6, 6.07) is 12.8. The van der Waals surface area contributed by atoms with Gasteiger partial charge in [-0.25, -0.2) is 4.99 Å². The number of aliphatic imine (C=N–C) groups is 1. The van der Waals surface area contributed by atoms with Crippen LogP contribution >= 0.6 is 34.5 Å². The number of ether oxygens (including phenoxy) is 1. The number of carbonyl (C=O) groups excluding carboxylic acids is 1. The van der Waals surface area contributed by atoms with Crippen LogP contribution in [0.4, 0.5) is 10.7 Å². The molecule has 30 heavy (non-hydrogen) atoms. The van der Waals surface area contributed by atoms with E-state index in [1.165, 1.54) is 4.88 Å². The van der Waals surface area contributed by atoms with Gasteiger partial charge in [0.25, 0.3) is 5.91 Å². The Morgan fingerprint density at radius 3 is 2.70 bits per heavy atom. The third kappa shape index (κ3) is 4.38. The number of aryl methyl sites for hydroxylation is 1. The van der Waals surface area contributed by atoms with Crippen molar-refractivity contribution in [2.45, 2.75) is 25.7 Å². The second-order valence-electron chi connectivity index (χ2n) is 6.98. The predicted molar refractivity (Wildman–Crippen MR) is 126 cm³/mol. The molecule has 0 saturated carbocycles. The van der Waals surface area contributed by atoms with E-state index in [0.717, 1.165) is 36.9 Å².